The lowest BCUT2D eigenvalue weighted by molar-refractivity contribution is 0.265. The van der Waals surface area contributed by atoms with E-state index < -0.39 is 0 Å². The molecule has 2 rings (SSSR count). The zero-order chi connectivity index (χ0) is 13.1. The van der Waals surface area contributed by atoms with Gasteiger partial charge >= 0.3 is 0 Å². The van der Waals surface area contributed by atoms with Crippen LogP contribution in [0.4, 0.5) is 0 Å². The summed E-state index contributed by atoms with van der Waals surface area (Å²) in [7, 11) is 0. The molecule has 1 heterocycles. The summed E-state index contributed by atoms with van der Waals surface area (Å²) < 4.78 is 0. The maximum Gasteiger partial charge on any atom is 0.0900 e. The highest BCUT2D eigenvalue weighted by Gasteiger charge is 2.23. The Balaban J connectivity index is 1.94. The molecule has 1 aliphatic carbocycles. The molecule has 0 spiro atoms. The molecular formula is C15H26N2S. The van der Waals surface area contributed by atoms with Gasteiger partial charge < -0.3 is 5.32 Å². The van der Waals surface area contributed by atoms with Crippen molar-refractivity contribution in [2.45, 2.75) is 71.9 Å². The topological polar surface area (TPSA) is 24.9 Å². The van der Waals surface area contributed by atoms with Crippen LogP contribution in [0.1, 0.15) is 67.6 Å². The molecule has 102 valence electrons. The van der Waals surface area contributed by atoms with Gasteiger partial charge in [0.2, 0.25) is 0 Å². The van der Waals surface area contributed by atoms with E-state index >= 15 is 0 Å². The van der Waals surface area contributed by atoms with Crippen LogP contribution < -0.4 is 5.32 Å². The third-order valence-corrected chi connectivity index (χ3v) is 5.10. The molecule has 1 saturated carbocycles. The van der Waals surface area contributed by atoms with Gasteiger partial charge in [0.25, 0.3) is 0 Å². The molecule has 0 amide bonds. The second kappa shape index (κ2) is 6.16. The molecule has 18 heavy (non-hydrogen) atoms. The number of aromatic nitrogens is 1. The van der Waals surface area contributed by atoms with Gasteiger partial charge in [0.15, 0.2) is 0 Å². The third kappa shape index (κ3) is 3.33. The van der Waals surface area contributed by atoms with Crippen LogP contribution in [0, 0.1) is 19.8 Å². The molecule has 0 radical (unpaired) electrons. The van der Waals surface area contributed by atoms with Crippen LogP contribution in [-0.2, 0) is 0 Å². The molecule has 3 atom stereocenters. The van der Waals surface area contributed by atoms with E-state index in [0.29, 0.717) is 12.1 Å². The Hall–Kier alpha value is -0.410. The van der Waals surface area contributed by atoms with Crippen molar-refractivity contribution in [2.75, 3.05) is 0 Å². The minimum Gasteiger partial charge on any atom is -0.306 e. The summed E-state index contributed by atoms with van der Waals surface area (Å²) in [5, 5.41) is 4.98. The van der Waals surface area contributed by atoms with Crippen LogP contribution in [0.2, 0.25) is 0 Å². The summed E-state index contributed by atoms with van der Waals surface area (Å²) in [6.45, 7) is 8.87. The standard InChI is InChI=1S/C15H26N2S/c1-5-13-7-6-8-14(9-13)16-10(2)15-11(3)18-12(4)17-15/h10,13-14,16H,5-9H2,1-4H3. The van der Waals surface area contributed by atoms with Gasteiger partial charge in [0.1, 0.15) is 0 Å². The highest BCUT2D eigenvalue weighted by molar-refractivity contribution is 7.11. The van der Waals surface area contributed by atoms with Crippen molar-refractivity contribution in [3.05, 3.63) is 15.6 Å². The largest absolute Gasteiger partial charge is 0.306 e. The lowest BCUT2D eigenvalue weighted by atomic mass is 9.84. The van der Waals surface area contributed by atoms with Crippen LogP contribution in [0.5, 0.6) is 0 Å². The Morgan fingerprint density at radius 1 is 1.39 bits per heavy atom. The van der Waals surface area contributed by atoms with Gasteiger partial charge in [-0.05, 0) is 39.5 Å². The maximum atomic E-state index is 4.67. The van der Waals surface area contributed by atoms with Gasteiger partial charge in [-0.15, -0.1) is 11.3 Å². The summed E-state index contributed by atoms with van der Waals surface area (Å²) in [5.41, 5.74) is 1.26. The van der Waals surface area contributed by atoms with E-state index in [0.717, 1.165) is 5.92 Å². The quantitative estimate of drug-likeness (QED) is 0.875. The van der Waals surface area contributed by atoms with Gasteiger partial charge in [-0.2, -0.15) is 0 Å². The Labute approximate surface area is 115 Å². The summed E-state index contributed by atoms with van der Waals surface area (Å²) in [5.74, 6) is 0.932. The molecule has 3 unspecified atom stereocenters. The van der Waals surface area contributed by atoms with Gasteiger partial charge in [0, 0.05) is 17.0 Å². The molecular weight excluding hydrogens is 240 g/mol. The van der Waals surface area contributed by atoms with Gasteiger partial charge in [-0.1, -0.05) is 26.2 Å². The zero-order valence-electron chi connectivity index (χ0n) is 12.1. The van der Waals surface area contributed by atoms with Crippen molar-refractivity contribution in [2.24, 2.45) is 5.92 Å². The fraction of sp³-hybridized carbons (Fsp3) is 0.800. The van der Waals surface area contributed by atoms with Crippen LogP contribution in [-0.4, -0.2) is 11.0 Å². The first-order chi connectivity index (χ1) is 8.60. The summed E-state index contributed by atoms with van der Waals surface area (Å²) in [4.78, 5) is 6.04. The highest BCUT2D eigenvalue weighted by atomic mass is 32.1. The number of hydrogen-bond donors (Lipinski definition) is 1. The molecule has 3 heteroatoms. The molecule has 0 aromatic carbocycles. The van der Waals surface area contributed by atoms with Crippen LogP contribution in [0.25, 0.3) is 0 Å². The molecule has 1 fully saturated rings. The molecule has 0 bridgehead atoms. The fourth-order valence-corrected chi connectivity index (χ4v) is 4.11. The number of aryl methyl sites for hydroxylation is 2. The van der Waals surface area contributed by atoms with Crippen LogP contribution in [0.15, 0.2) is 0 Å². The number of thiazole rings is 1. The summed E-state index contributed by atoms with van der Waals surface area (Å²) in [6, 6.07) is 1.09. The molecule has 2 nitrogen and oxygen atoms in total. The van der Waals surface area contributed by atoms with Crippen molar-refractivity contribution in [1.82, 2.24) is 10.3 Å². The lowest BCUT2D eigenvalue weighted by Gasteiger charge is -2.31. The van der Waals surface area contributed by atoms with E-state index in [9.17, 15) is 0 Å². The van der Waals surface area contributed by atoms with Crippen molar-refractivity contribution in [3.8, 4) is 0 Å². The second-order valence-corrected chi connectivity index (χ2v) is 7.11. The van der Waals surface area contributed by atoms with Crippen molar-refractivity contribution < 1.29 is 0 Å². The monoisotopic (exact) mass is 266 g/mol. The van der Waals surface area contributed by atoms with E-state index in [1.54, 1.807) is 0 Å². The molecule has 1 aliphatic rings. The number of nitrogens with zero attached hydrogens (tertiary/aromatic N) is 1. The molecule has 0 aliphatic heterocycles. The average Bonchev–Trinajstić information content (AvgIpc) is 2.69. The first-order valence-electron chi connectivity index (χ1n) is 7.30. The molecule has 1 aromatic rings. The van der Waals surface area contributed by atoms with Gasteiger partial charge in [-0.3, -0.25) is 0 Å². The second-order valence-electron chi connectivity index (χ2n) is 5.70. The summed E-state index contributed by atoms with van der Waals surface area (Å²) in [6.07, 6.45) is 6.84. The minimum atomic E-state index is 0.399. The summed E-state index contributed by atoms with van der Waals surface area (Å²) >= 11 is 1.81. The van der Waals surface area contributed by atoms with Crippen molar-refractivity contribution >= 4 is 11.3 Å². The van der Waals surface area contributed by atoms with Gasteiger partial charge in [-0.25, -0.2) is 4.98 Å². The van der Waals surface area contributed by atoms with Gasteiger partial charge in [0.05, 0.1) is 10.7 Å². The SMILES string of the molecule is CCC1CCCC(NC(C)c2nc(C)sc2C)C1. The highest BCUT2D eigenvalue weighted by Crippen LogP contribution is 2.29. The molecule has 0 saturated heterocycles. The fourth-order valence-electron chi connectivity index (χ4n) is 3.19. The minimum absolute atomic E-state index is 0.399. The zero-order valence-corrected chi connectivity index (χ0v) is 12.9. The Kier molecular flexibility index (Phi) is 4.79. The van der Waals surface area contributed by atoms with E-state index in [4.69, 9.17) is 0 Å². The van der Waals surface area contributed by atoms with Crippen molar-refractivity contribution in [1.29, 1.82) is 0 Å². The van der Waals surface area contributed by atoms with E-state index in [1.165, 1.54) is 47.7 Å². The predicted octanol–water partition coefficient (Wildman–Crippen LogP) is 4.38. The average molecular weight is 266 g/mol. The number of rotatable bonds is 4. The van der Waals surface area contributed by atoms with Crippen molar-refractivity contribution in [3.63, 3.8) is 0 Å². The van der Waals surface area contributed by atoms with Crippen LogP contribution in [0.3, 0.4) is 0 Å². The third-order valence-electron chi connectivity index (χ3n) is 4.20. The lowest BCUT2D eigenvalue weighted by Crippen LogP contribution is -2.36. The number of hydrogen-bond acceptors (Lipinski definition) is 3. The first-order valence-corrected chi connectivity index (χ1v) is 8.11. The smallest absolute Gasteiger partial charge is 0.0900 e. The normalized spacial score (nSPS) is 26.2. The van der Waals surface area contributed by atoms with E-state index in [-0.39, 0.29) is 0 Å². The molecule has 1 N–H and O–H groups in total. The Morgan fingerprint density at radius 2 is 2.17 bits per heavy atom. The number of nitrogens with one attached hydrogen (secondary N) is 1. The Morgan fingerprint density at radius 3 is 2.78 bits per heavy atom. The van der Waals surface area contributed by atoms with E-state index in [1.807, 2.05) is 11.3 Å². The van der Waals surface area contributed by atoms with E-state index in [2.05, 4.69) is 38.0 Å². The molecule has 1 aromatic heterocycles. The first kappa shape index (κ1) is 14.0. The Bertz CT molecular complexity index is 386. The predicted molar refractivity (Wildman–Crippen MR) is 79.2 cm³/mol. The van der Waals surface area contributed by atoms with Crippen LogP contribution >= 0.6 is 11.3 Å². The maximum absolute atomic E-state index is 4.67.